The fraction of sp³-hybridized carbons (Fsp3) is 0.250. The molecule has 0 saturated heterocycles. The molecular weight excluding hydrogens is 242 g/mol. The predicted molar refractivity (Wildman–Crippen MR) is 67.6 cm³/mol. The molecule has 0 bridgehead atoms. The first kappa shape index (κ1) is 11.3. The van der Waals surface area contributed by atoms with Crippen molar-refractivity contribution >= 4 is 11.2 Å². The second-order valence-electron chi connectivity index (χ2n) is 4.10. The zero-order valence-corrected chi connectivity index (χ0v) is 10.5. The van der Waals surface area contributed by atoms with Crippen molar-refractivity contribution in [2.45, 2.75) is 20.3 Å². The minimum absolute atomic E-state index is 0.553. The molecule has 0 aliphatic heterocycles. The molecule has 0 atom stereocenters. The Morgan fingerprint density at radius 2 is 2.32 bits per heavy atom. The zero-order valence-electron chi connectivity index (χ0n) is 10.5. The Hall–Kier alpha value is -2.75. The number of nitrogens with zero attached hydrogens (tertiary/aromatic N) is 6. The summed E-state index contributed by atoms with van der Waals surface area (Å²) in [5, 5.41) is 13.5. The summed E-state index contributed by atoms with van der Waals surface area (Å²) in [6, 6.07) is 2.19. The molecule has 19 heavy (non-hydrogen) atoms. The molecule has 3 rings (SSSR count). The Bertz CT molecular complexity index is 757. The molecule has 7 nitrogen and oxygen atoms in total. The van der Waals surface area contributed by atoms with E-state index in [1.807, 2.05) is 13.8 Å². The van der Waals surface area contributed by atoms with Crippen molar-refractivity contribution in [1.29, 1.82) is 5.26 Å². The fourth-order valence-corrected chi connectivity index (χ4v) is 2.07. The van der Waals surface area contributed by atoms with Crippen LogP contribution >= 0.6 is 0 Å². The number of rotatable bonds is 2. The van der Waals surface area contributed by atoms with Gasteiger partial charge in [-0.15, -0.1) is 0 Å². The van der Waals surface area contributed by atoms with Gasteiger partial charge in [0, 0.05) is 0 Å². The molecule has 0 radical (unpaired) electrons. The van der Waals surface area contributed by atoms with E-state index in [0.717, 1.165) is 11.2 Å². The average Bonchev–Trinajstić information content (AvgIpc) is 2.98. The SMILES string of the molecule is CCc1c(C#N)c(C)nn1-c1nc2ncncc2[nH]1. The minimum atomic E-state index is 0.553. The molecule has 0 aliphatic rings. The molecule has 94 valence electrons. The molecule has 0 unspecified atom stereocenters. The van der Waals surface area contributed by atoms with E-state index in [-0.39, 0.29) is 0 Å². The second-order valence-corrected chi connectivity index (χ2v) is 4.10. The van der Waals surface area contributed by atoms with Gasteiger partial charge in [-0.25, -0.2) is 14.6 Å². The molecule has 3 heterocycles. The highest BCUT2D eigenvalue weighted by atomic mass is 15.4. The Morgan fingerprint density at radius 3 is 3.00 bits per heavy atom. The van der Waals surface area contributed by atoms with Crippen LogP contribution in [0.15, 0.2) is 12.5 Å². The van der Waals surface area contributed by atoms with Crippen molar-refractivity contribution in [3.05, 3.63) is 29.5 Å². The van der Waals surface area contributed by atoms with Gasteiger partial charge >= 0.3 is 0 Å². The van der Waals surface area contributed by atoms with Crippen molar-refractivity contribution in [3.8, 4) is 12.0 Å². The van der Waals surface area contributed by atoms with Crippen LogP contribution in [0.2, 0.25) is 0 Å². The van der Waals surface area contributed by atoms with Gasteiger partial charge in [0.1, 0.15) is 17.9 Å². The van der Waals surface area contributed by atoms with E-state index in [0.29, 0.717) is 29.3 Å². The van der Waals surface area contributed by atoms with Gasteiger partial charge < -0.3 is 4.98 Å². The molecule has 7 heteroatoms. The van der Waals surface area contributed by atoms with Gasteiger partial charge in [-0.3, -0.25) is 0 Å². The maximum absolute atomic E-state index is 9.17. The average molecular weight is 253 g/mol. The normalized spacial score (nSPS) is 10.8. The van der Waals surface area contributed by atoms with Gasteiger partial charge in [-0.2, -0.15) is 15.3 Å². The molecule has 1 N–H and O–H groups in total. The summed E-state index contributed by atoms with van der Waals surface area (Å²) >= 11 is 0. The quantitative estimate of drug-likeness (QED) is 0.742. The highest BCUT2D eigenvalue weighted by molar-refractivity contribution is 5.70. The number of nitrogens with one attached hydrogen (secondary N) is 1. The molecule has 0 aliphatic carbocycles. The lowest BCUT2D eigenvalue weighted by Gasteiger charge is -2.00. The summed E-state index contributed by atoms with van der Waals surface area (Å²) in [7, 11) is 0. The third kappa shape index (κ3) is 1.65. The van der Waals surface area contributed by atoms with E-state index in [4.69, 9.17) is 0 Å². The van der Waals surface area contributed by atoms with Gasteiger partial charge in [-0.05, 0) is 13.3 Å². The summed E-state index contributed by atoms with van der Waals surface area (Å²) in [6.07, 6.45) is 3.81. The third-order valence-corrected chi connectivity index (χ3v) is 2.95. The van der Waals surface area contributed by atoms with Crippen molar-refractivity contribution in [2.24, 2.45) is 0 Å². The maximum atomic E-state index is 9.17. The first-order valence-electron chi connectivity index (χ1n) is 5.89. The molecule has 0 aromatic carbocycles. The maximum Gasteiger partial charge on any atom is 0.230 e. The molecule has 0 fully saturated rings. The van der Waals surface area contributed by atoms with E-state index < -0.39 is 0 Å². The Kier molecular flexibility index (Phi) is 2.49. The van der Waals surface area contributed by atoms with Crippen molar-refractivity contribution in [2.75, 3.05) is 0 Å². The van der Waals surface area contributed by atoms with E-state index in [1.165, 1.54) is 6.33 Å². The molecule has 0 saturated carbocycles. The number of aryl methyl sites for hydroxylation is 1. The van der Waals surface area contributed by atoms with Gasteiger partial charge in [0.2, 0.25) is 5.95 Å². The summed E-state index contributed by atoms with van der Waals surface area (Å²) in [4.78, 5) is 15.5. The first-order chi connectivity index (χ1) is 9.24. The van der Waals surface area contributed by atoms with Crippen LogP contribution in [0.1, 0.15) is 23.9 Å². The van der Waals surface area contributed by atoms with Gasteiger partial charge in [0.25, 0.3) is 0 Å². The van der Waals surface area contributed by atoms with Crippen LogP contribution in [0.4, 0.5) is 0 Å². The molecular formula is C12H11N7. The molecule has 3 aromatic heterocycles. The van der Waals surface area contributed by atoms with E-state index >= 15 is 0 Å². The van der Waals surface area contributed by atoms with Crippen molar-refractivity contribution in [3.63, 3.8) is 0 Å². The molecule has 0 amide bonds. The van der Waals surface area contributed by atoms with Crippen LogP contribution < -0.4 is 0 Å². The standard InChI is InChI=1S/C12H11N7/c1-3-10-8(4-13)7(2)18-19(10)12-16-9-5-14-6-15-11(9)17-12/h5-6H,3H2,1-2H3,(H,14,15,16,17). The lowest BCUT2D eigenvalue weighted by atomic mass is 10.2. The Morgan fingerprint density at radius 1 is 1.47 bits per heavy atom. The van der Waals surface area contributed by atoms with E-state index in [9.17, 15) is 5.26 Å². The van der Waals surface area contributed by atoms with E-state index in [1.54, 1.807) is 10.9 Å². The van der Waals surface area contributed by atoms with Crippen molar-refractivity contribution in [1.82, 2.24) is 29.7 Å². The number of aromatic nitrogens is 6. The summed E-state index contributed by atoms with van der Waals surface area (Å²) in [5.74, 6) is 0.553. The smallest absolute Gasteiger partial charge is 0.230 e. The fourth-order valence-electron chi connectivity index (χ4n) is 2.07. The topological polar surface area (TPSA) is 96.1 Å². The highest BCUT2D eigenvalue weighted by Crippen LogP contribution is 2.18. The first-order valence-corrected chi connectivity index (χ1v) is 5.89. The third-order valence-electron chi connectivity index (χ3n) is 2.95. The number of aromatic amines is 1. The largest absolute Gasteiger partial charge is 0.320 e. The van der Waals surface area contributed by atoms with Crippen LogP contribution in [0, 0.1) is 18.3 Å². The van der Waals surface area contributed by atoms with Gasteiger partial charge in [0.15, 0.2) is 5.65 Å². The lowest BCUT2D eigenvalue weighted by molar-refractivity contribution is 0.766. The summed E-state index contributed by atoms with van der Waals surface area (Å²) < 4.78 is 1.66. The molecule has 0 spiro atoms. The minimum Gasteiger partial charge on any atom is -0.320 e. The van der Waals surface area contributed by atoms with Gasteiger partial charge in [-0.1, -0.05) is 6.92 Å². The number of imidazole rings is 1. The van der Waals surface area contributed by atoms with Crippen LogP contribution in [-0.4, -0.2) is 29.7 Å². The van der Waals surface area contributed by atoms with Crippen LogP contribution in [0.25, 0.3) is 17.1 Å². The van der Waals surface area contributed by atoms with Gasteiger partial charge in [0.05, 0.1) is 23.1 Å². The van der Waals surface area contributed by atoms with E-state index in [2.05, 4.69) is 31.1 Å². The summed E-state index contributed by atoms with van der Waals surface area (Å²) in [5.41, 5.74) is 3.47. The number of hydrogen-bond acceptors (Lipinski definition) is 5. The number of fused-ring (bicyclic) bond motifs is 1. The van der Waals surface area contributed by atoms with Crippen LogP contribution in [0.5, 0.6) is 0 Å². The number of nitriles is 1. The summed E-state index contributed by atoms with van der Waals surface area (Å²) in [6.45, 7) is 3.80. The van der Waals surface area contributed by atoms with Crippen molar-refractivity contribution < 1.29 is 0 Å². The lowest BCUT2D eigenvalue weighted by Crippen LogP contribution is -2.04. The monoisotopic (exact) mass is 253 g/mol. The Labute approximate surface area is 108 Å². The number of hydrogen-bond donors (Lipinski definition) is 1. The Balaban J connectivity index is 2.24. The number of H-pyrrole nitrogens is 1. The van der Waals surface area contributed by atoms with Crippen LogP contribution in [0.3, 0.4) is 0 Å². The highest BCUT2D eigenvalue weighted by Gasteiger charge is 2.17. The molecule has 3 aromatic rings. The van der Waals surface area contributed by atoms with Crippen LogP contribution in [-0.2, 0) is 6.42 Å². The zero-order chi connectivity index (χ0) is 13.4. The second kappa shape index (κ2) is 4.17. The predicted octanol–water partition coefficient (Wildman–Crippen LogP) is 1.28.